The fourth-order valence-electron chi connectivity index (χ4n) is 4.42. The number of ketones is 1. The van der Waals surface area contributed by atoms with Gasteiger partial charge in [-0.15, -0.1) is 0 Å². The largest absolute Gasteiger partial charge is 0.507 e. The van der Waals surface area contributed by atoms with Crippen molar-refractivity contribution in [1.82, 2.24) is 0 Å². The third-order valence-electron chi connectivity index (χ3n) is 6.12. The Morgan fingerprint density at radius 1 is 1.16 bits per heavy atom. The molecule has 0 radical (unpaired) electrons. The Morgan fingerprint density at radius 3 is 2.55 bits per heavy atom. The Hall–Kier alpha value is -3.39. The third kappa shape index (κ3) is 2.54. The standard InChI is InChI=1S/C23H22O8/c1-10(2)14-5-11-15(30-14)7-13(24)20-21(11)31-19-9-29-16-8-18(28-4)17(27-3)6-12(16)23(19,26)22(20)25/h6-8,14,19,24,26H,1,5,9H2,2-4H3/t14-,19-,23-/m0/s1. The molecule has 3 atom stereocenters. The molecule has 0 aromatic heterocycles. The van der Waals surface area contributed by atoms with E-state index >= 15 is 0 Å². The summed E-state index contributed by atoms with van der Waals surface area (Å²) in [6.45, 7) is 5.70. The Balaban J connectivity index is 1.67. The highest BCUT2D eigenvalue weighted by molar-refractivity contribution is 6.09. The van der Waals surface area contributed by atoms with E-state index in [0.717, 1.165) is 5.57 Å². The fourth-order valence-corrected chi connectivity index (χ4v) is 4.42. The van der Waals surface area contributed by atoms with E-state index in [9.17, 15) is 15.0 Å². The Bertz CT molecular complexity index is 1140. The van der Waals surface area contributed by atoms with E-state index in [2.05, 4.69) is 6.58 Å². The van der Waals surface area contributed by atoms with E-state index in [-0.39, 0.29) is 41.1 Å². The maximum absolute atomic E-state index is 13.6. The summed E-state index contributed by atoms with van der Waals surface area (Å²) in [5.74, 6) is 0.668. The summed E-state index contributed by atoms with van der Waals surface area (Å²) in [4.78, 5) is 13.6. The molecular formula is C23H22O8. The molecule has 0 amide bonds. The molecule has 2 N–H and O–H groups in total. The molecule has 2 aromatic rings. The minimum Gasteiger partial charge on any atom is -0.507 e. The number of aliphatic hydroxyl groups is 1. The molecule has 0 saturated carbocycles. The zero-order chi connectivity index (χ0) is 22.1. The molecule has 2 aromatic carbocycles. The van der Waals surface area contributed by atoms with Crippen molar-refractivity contribution in [3.05, 3.63) is 47.0 Å². The predicted octanol–water partition coefficient (Wildman–Crippen LogP) is 2.51. The van der Waals surface area contributed by atoms with Crippen LogP contribution in [0.4, 0.5) is 0 Å². The number of carbonyl (C=O) groups excluding carboxylic acids is 1. The Labute approximate surface area is 178 Å². The van der Waals surface area contributed by atoms with E-state index in [0.29, 0.717) is 29.2 Å². The first kappa shape index (κ1) is 19.6. The molecule has 31 heavy (non-hydrogen) atoms. The van der Waals surface area contributed by atoms with Gasteiger partial charge in [0.1, 0.15) is 41.3 Å². The fraction of sp³-hybridized carbons (Fsp3) is 0.348. The molecule has 8 nitrogen and oxygen atoms in total. The highest BCUT2D eigenvalue weighted by atomic mass is 16.6. The van der Waals surface area contributed by atoms with Crippen LogP contribution in [0.1, 0.15) is 28.4 Å². The van der Waals surface area contributed by atoms with Crippen molar-refractivity contribution < 1.29 is 38.7 Å². The normalized spacial score (nSPS) is 25.1. The summed E-state index contributed by atoms with van der Waals surface area (Å²) in [5.41, 5.74) is -0.480. The van der Waals surface area contributed by atoms with E-state index in [1.165, 1.54) is 26.4 Å². The summed E-state index contributed by atoms with van der Waals surface area (Å²) >= 11 is 0. The van der Waals surface area contributed by atoms with Gasteiger partial charge in [0.05, 0.1) is 14.2 Å². The van der Waals surface area contributed by atoms with Crippen LogP contribution in [0.15, 0.2) is 30.4 Å². The number of benzene rings is 2. The first-order valence-electron chi connectivity index (χ1n) is 9.83. The zero-order valence-electron chi connectivity index (χ0n) is 17.4. The van der Waals surface area contributed by atoms with Gasteiger partial charge in [-0.2, -0.15) is 0 Å². The molecule has 8 heteroatoms. The topological polar surface area (TPSA) is 104 Å². The van der Waals surface area contributed by atoms with Crippen LogP contribution in [0.5, 0.6) is 34.5 Å². The number of aromatic hydroxyl groups is 1. The number of phenolic OH excluding ortho intramolecular Hbond substituents is 1. The maximum Gasteiger partial charge on any atom is 0.210 e. The summed E-state index contributed by atoms with van der Waals surface area (Å²) < 4.78 is 28.4. The smallest absolute Gasteiger partial charge is 0.210 e. The van der Waals surface area contributed by atoms with Gasteiger partial charge in [0.15, 0.2) is 23.2 Å². The average molecular weight is 426 g/mol. The first-order valence-corrected chi connectivity index (χ1v) is 9.83. The van der Waals surface area contributed by atoms with Crippen LogP contribution in [-0.2, 0) is 12.0 Å². The van der Waals surface area contributed by atoms with Crippen LogP contribution in [0.2, 0.25) is 0 Å². The number of Topliss-reactive ketones (excluding diaryl/α,β-unsaturated/α-hetero) is 1. The van der Waals surface area contributed by atoms with Crippen LogP contribution in [0.3, 0.4) is 0 Å². The number of methoxy groups -OCH3 is 2. The maximum atomic E-state index is 13.6. The third-order valence-corrected chi connectivity index (χ3v) is 6.12. The van der Waals surface area contributed by atoms with E-state index < -0.39 is 17.5 Å². The van der Waals surface area contributed by atoms with Crippen molar-refractivity contribution in [3.8, 4) is 34.5 Å². The molecule has 0 fully saturated rings. The minimum absolute atomic E-state index is 0.0701. The molecule has 3 aliphatic rings. The van der Waals surface area contributed by atoms with E-state index in [1.54, 1.807) is 6.07 Å². The first-order chi connectivity index (χ1) is 14.8. The number of ether oxygens (including phenoxy) is 5. The second kappa shape index (κ2) is 6.55. The average Bonchev–Trinajstić information content (AvgIpc) is 3.18. The van der Waals surface area contributed by atoms with Crippen molar-refractivity contribution in [1.29, 1.82) is 0 Å². The summed E-state index contributed by atoms with van der Waals surface area (Å²) in [5, 5.41) is 22.3. The number of carbonyl (C=O) groups is 1. The molecule has 3 heterocycles. The van der Waals surface area contributed by atoms with Crippen LogP contribution in [0.25, 0.3) is 0 Å². The molecule has 0 saturated heterocycles. The number of phenols is 1. The van der Waals surface area contributed by atoms with E-state index in [1.807, 2.05) is 6.92 Å². The summed E-state index contributed by atoms with van der Waals surface area (Å²) in [6, 6.07) is 4.44. The second-order valence-electron chi connectivity index (χ2n) is 7.95. The zero-order valence-corrected chi connectivity index (χ0v) is 17.4. The van der Waals surface area contributed by atoms with Gasteiger partial charge in [-0.1, -0.05) is 6.58 Å². The predicted molar refractivity (Wildman–Crippen MR) is 109 cm³/mol. The van der Waals surface area contributed by atoms with Gasteiger partial charge in [0, 0.05) is 29.7 Å². The number of hydrogen-bond donors (Lipinski definition) is 2. The van der Waals surface area contributed by atoms with Crippen molar-refractivity contribution in [3.63, 3.8) is 0 Å². The minimum atomic E-state index is -2.07. The monoisotopic (exact) mass is 426 g/mol. The number of fused-ring (bicyclic) bond motifs is 6. The van der Waals surface area contributed by atoms with E-state index in [4.69, 9.17) is 23.7 Å². The Morgan fingerprint density at radius 2 is 1.87 bits per heavy atom. The van der Waals surface area contributed by atoms with Gasteiger partial charge in [0.2, 0.25) is 5.78 Å². The SMILES string of the molecule is C=C(C)[C@@H]1Cc2c(cc(O)c3c2O[C@H]2COc4cc(OC)c(OC)cc4[C@@]2(O)C3=O)O1. The summed E-state index contributed by atoms with van der Waals surface area (Å²) in [6.07, 6.45) is -0.845. The molecule has 0 aliphatic carbocycles. The lowest BCUT2D eigenvalue weighted by Crippen LogP contribution is -2.57. The highest BCUT2D eigenvalue weighted by Gasteiger charge is 2.57. The van der Waals surface area contributed by atoms with Crippen LogP contribution in [-0.4, -0.2) is 49.0 Å². The van der Waals surface area contributed by atoms with Crippen molar-refractivity contribution in [2.45, 2.75) is 31.2 Å². The lowest BCUT2D eigenvalue weighted by atomic mass is 9.76. The molecule has 0 spiro atoms. The van der Waals surface area contributed by atoms with Crippen LogP contribution in [0, 0.1) is 0 Å². The van der Waals surface area contributed by atoms with Gasteiger partial charge >= 0.3 is 0 Å². The van der Waals surface area contributed by atoms with Crippen LogP contribution >= 0.6 is 0 Å². The molecule has 3 aliphatic heterocycles. The highest BCUT2D eigenvalue weighted by Crippen LogP contribution is 2.53. The molecule has 162 valence electrons. The second-order valence-corrected chi connectivity index (χ2v) is 7.95. The van der Waals surface area contributed by atoms with Crippen molar-refractivity contribution in [2.24, 2.45) is 0 Å². The van der Waals surface area contributed by atoms with Gasteiger partial charge < -0.3 is 33.9 Å². The Kier molecular flexibility index (Phi) is 4.14. The molecule has 0 unspecified atom stereocenters. The van der Waals surface area contributed by atoms with Gasteiger partial charge in [0.25, 0.3) is 0 Å². The van der Waals surface area contributed by atoms with Gasteiger partial charge in [-0.25, -0.2) is 0 Å². The number of rotatable bonds is 3. The molecule has 5 rings (SSSR count). The van der Waals surface area contributed by atoms with Crippen molar-refractivity contribution in [2.75, 3.05) is 20.8 Å². The lowest BCUT2D eigenvalue weighted by Gasteiger charge is -2.43. The quantitative estimate of drug-likeness (QED) is 0.722. The summed E-state index contributed by atoms with van der Waals surface area (Å²) in [7, 11) is 2.94. The van der Waals surface area contributed by atoms with Gasteiger partial charge in [-0.05, 0) is 18.6 Å². The van der Waals surface area contributed by atoms with Crippen molar-refractivity contribution >= 4 is 5.78 Å². The number of hydrogen-bond acceptors (Lipinski definition) is 8. The lowest BCUT2D eigenvalue weighted by molar-refractivity contribution is -0.0805. The van der Waals surface area contributed by atoms with Gasteiger partial charge in [-0.3, -0.25) is 4.79 Å². The molecular weight excluding hydrogens is 404 g/mol. The van der Waals surface area contributed by atoms with Crippen LogP contribution < -0.4 is 23.7 Å². The molecule has 0 bridgehead atoms.